The number of carbonyl (C=O) groups is 1. The average molecular weight is 469 g/mol. The number of fused-ring (bicyclic) bond motifs is 4. The number of carbonyl (C=O) groups excluding carboxylic acids is 1. The fraction of sp³-hybridized carbons (Fsp3) is 0.957. The molecule has 2 aliphatic heterocycles. The Morgan fingerprint density at radius 2 is 1.83 bits per heavy atom. The van der Waals surface area contributed by atoms with E-state index in [0.29, 0.717) is 17.8 Å². The Labute approximate surface area is 181 Å². The van der Waals surface area contributed by atoms with E-state index in [9.17, 15) is 4.79 Å². The van der Waals surface area contributed by atoms with E-state index in [1.54, 1.807) is 0 Å². The molecule has 8 atom stereocenters. The van der Waals surface area contributed by atoms with Crippen molar-refractivity contribution >= 4 is 21.9 Å². The molecule has 6 heteroatoms. The van der Waals surface area contributed by atoms with Crippen molar-refractivity contribution in [3.05, 3.63) is 0 Å². The molecule has 0 amide bonds. The molecule has 5 nitrogen and oxygen atoms in total. The van der Waals surface area contributed by atoms with E-state index in [2.05, 4.69) is 22.9 Å². The van der Waals surface area contributed by atoms with Crippen molar-refractivity contribution in [2.75, 3.05) is 19.8 Å². The number of halogens is 1. The first-order valence-corrected chi connectivity index (χ1v) is 12.4. The Morgan fingerprint density at radius 3 is 2.59 bits per heavy atom. The molecule has 6 fully saturated rings. The van der Waals surface area contributed by atoms with Gasteiger partial charge in [0.1, 0.15) is 6.10 Å². The summed E-state index contributed by atoms with van der Waals surface area (Å²) in [6.07, 6.45) is 8.96. The third-order valence-corrected chi connectivity index (χ3v) is 11.7. The molecule has 6 aliphatic rings. The van der Waals surface area contributed by atoms with Gasteiger partial charge in [-0.3, -0.25) is 4.79 Å². The molecule has 2 bridgehead atoms. The molecule has 0 unspecified atom stereocenters. The quantitative estimate of drug-likeness (QED) is 0.426. The molecule has 2 saturated heterocycles. The zero-order chi connectivity index (χ0) is 20.1. The van der Waals surface area contributed by atoms with E-state index >= 15 is 0 Å². The highest BCUT2D eigenvalue weighted by Gasteiger charge is 2.74. The van der Waals surface area contributed by atoms with Crippen LogP contribution in [0, 0.1) is 28.6 Å². The zero-order valence-corrected chi connectivity index (χ0v) is 19.2. The molecule has 0 aromatic rings. The summed E-state index contributed by atoms with van der Waals surface area (Å²) < 4.78 is 24.7. The van der Waals surface area contributed by atoms with E-state index in [4.69, 9.17) is 18.9 Å². The predicted molar refractivity (Wildman–Crippen MR) is 110 cm³/mol. The van der Waals surface area contributed by atoms with Gasteiger partial charge in [-0.05, 0) is 56.3 Å². The molecule has 1 spiro atoms. The molecular formula is C23H33BrO5. The highest BCUT2D eigenvalue weighted by atomic mass is 79.9. The minimum Gasteiger partial charge on any atom is -0.463 e. The second kappa shape index (κ2) is 6.20. The summed E-state index contributed by atoms with van der Waals surface area (Å²) in [5.74, 6) is 1.52. The fourth-order valence-electron chi connectivity index (χ4n) is 8.91. The van der Waals surface area contributed by atoms with Crippen LogP contribution in [-0.2, 0) is 23.7 Å². The van der Waals surface area contributed by atoms with E-state index in [0.717, 1.165) is 51.9 Å². The van der Waals surface area contributed by atoms with E-state index in [1.807, 2.05) is 0 Å². The minimum atomic E-state index is -0.337. The van der Waals surface area contributed by atoms with Crippen molar-refractivity contribution in [1.29, 1.82) is 0 Å². The van der Waals surface area contributed by atoms with Gasteiger partial charge in [0.05, 0.1) is 30.2 Å². The van der Waals surface area contributed by atoms with Crippen molar-refractivity contribution < 1.29 is 23.7 Å². The van der Waals surface area contributed by atoms with Crippen molar-refractivity contribution in [2.24, 2.45) is 28.6 Å². The lowest BCUT2D eigenvalue weighted by atomic mass is 9.44. The van der Waals surface area contributed by atoms with Gasteiger partial charge in [0.15, 0.2) is 5.79 Å². The minimum absolute atomic E-state index is 0.0182. The van der Waals surface area contributed by atoms with Gasteiger partial charge < -0.3 is 18.9 Å². The molecular weight excluding hydrogens is 436 g/mol. The summed E-state index contributed by atoms with van der Waals surface area (Å²) in [5.41, 5.74) is 0.299. The van der Waals surface area contributed by atoms with Gasteiger partial charge in [-0.1, -0.05) is 22.9 Å². The summed E-state index contributed by atoms with van der Waals surface area (Å²) in [6.45, 7) is 6.32. The molecule has 0 aromatic carbocycles. The largest absolute Gasteiger partial charge is 0.463 e. The summed E-state index contributed by atoms with van der Waals surface area (Å²) in [7, 11) is 0. The third-order valence-electron chi connectivity index (χ3n) is 10.1. The van der Waals surface area contributed by atoms with Gasteiger partial charge in [0.2, 0.25) is 0 Å². The Balaban J connectivity index is 1.32. The number of rotatable bonds is 1. The van der Waals surface area contributed by atoms with Crippen LogP contribution in [0.2, 0.25) is 0 Å². The van der Waals surface area contributed by atoms with Gasteiger partial charge in [-0.2, -0.15) is 0 Å². The standard InChI is InChI=1S/C23H33BrO5/c1-14(25)29-15-3-7-21-13-26-19(22(21,24)12-15)11-16-17-5-8-23(27-9-10-28-23)20(17,2)6-4-18(16)21/h15-19H,3-13H2,1-2H3/t15-,16+,17+,18+,19+,20-,21+,22-/m0/s1. The molecule has 2 heterocycles. The zero-order valence-electron chi connectivity index (χ0n) is 17.6. The third kappa shape index (κ3) is 2.30. The van der Waals surface area contributed by atoms with Crippen LogP contribution in [0.1, 0.15) is 65.2 Å². The lowest BCUT2D eigenvalue weighted by molar-refractivity contribution is -0.245. The van der Waals surface area contributed by atoms with Crippen molar-refractivity contribution in [1.82, 2.24) is 0 Å². The number of alkyl halides is 1. The SMILES string of the molecule is CC(=O)O[C@H]1CC[C@@]23CO[C@H](C[C@H]4[C@H]2CC[C@@]2(C)[C@@H]4CCC24OCCO4)[C@@]3(Br)C1. The summed E-state index contributed by atoms with van der Waals surface area (Å²) >= 11 is 4.23. The van der Waals surface area contributed by atoms with Crippen LogP contribution < -0.4 is 0 Å². The van der Waals surface area contributed by atoms with Crippen molar-refractivity contribution in [3.8, 4) is 0 Å². The maximum atomic E-state index is 11.6. The molecule has 4 aliphatic carbocycles. The molecule has 0 aromatic heterocycles. The Morgan fingerprint density at radius 1 is 1.07 bits per heavy atom. The first-order chi connectivity index (χ1) is 13.8. The van der Waals surface area contributed by atoms with Crippen molar-refractivity contribution in [2.45, 2.75) is 87.5 Å². The van der Waals surface area contributed by atoms with Gasteiger partial charge >= 0.3 is 5.97 Å². The van der Waals surface area contributed by atoms with E-state index < -0.39 is 0 Å². The normalized spacial score (nSPS) is 54.7. The molecule has 0 radical (unpaired) electrons. The highest BCUT2D eigenvalue weighted by Crippen LogP contribution is 2.74. The van der Waals surface area contributed by atoms with Gasteiger partial charge in [-0.25, -0.2) is 0 Å². The lowest BCUT2D eigenvalue weighted by Crippen LogP contribution is -2.64. The Kier molecular flexibility index (Phi) is 4.17. The van der Waals surface area contributed by atoms with Crippen LogP contribution >= 0.6 is 15.9 Å². The van der Waals surface area contributed by atoms with E-state index in [-0.39, 0.29) is 39.1 Å². The average Bonchev–Trinajstić information content (AvgIpc) is 3.30. The van der Waals surface area contributed by atoms with Crippen molar-refractivity contribution in [3.63, 3.8) is 0 Å². The first kappa shape index (κ1) is 19.5. The van der Waals surface area contributed by atoms with Crippen LogP contribution in [-0.4, -0.2) is 48.1 Å². The summed E-state index contributed by atoms with van der Waals surface area (Å²) in [5, 5.41) is 0. The van der Waals surface area contributed by atoms with Crippen LogP contribution in [0.3, 0.4) is 0 Å². The second-order valence-electron chi connectivity index (χ2n) is 10.8. The maximum Gasteiger partial charge on any atom is 0.302 e. The highest BCUT2D eigenvalue weighted by molar-refractivity contribution is 9.10. The smallest absolute Gasteiger partial charge is 0.302 e. The first-order valence-electron chi connectivity index (χ1n) is 11.6. The summed E-state index contributed by atoms with van der Waals surface area (Å²) in [4.78, 5) is 11.6. The summed E-state index contributed by atoms with van der Waals surface area (Å²) in [6, 6.07) is 0. The molecule has 162 valence electrons. The number of ether oxygens (including phenoxy) is 4. The Bertz CT molecular complexity index is 722. The molecule has 4 saturated carbocycles. The molecule has 29 heavy (non-hydrogen) atoms. The van der Waals surface area contributed by atoms with Gasteiger partial charge in [0, 0.05) is 30.6 Å². The monoisotopic (exact) mass is 468 g/mol. The topological polar surface area (TPSA) is 54.0 Å². The van der Waals surface area contributed by atoms with Crippen LogP contribution in [0.5, 0.6) is 0 Å². The maximum absolute atomic E-state index is 11.6. The van der Waals surface area contributed by atoms with Crippen LogP contribution in [0.25, 0.3) is 0 Å². The van der Waals surface area contributed by atoms with Gasteiger partial charge in [0.25, 0.3) is 0 Å². The fourth-order valence-corrected chi connectivity index (χ4v) is 10.2. The number of hydrogen-bond donors (Lipinski definition) is 0. The van der Waals surface area contributed by atoms with Gasteiger partial charge in [-0.15, -0.1) is 0 Å². The predicted octanol–water partition coefficient (Wildman–Crippen LogP) is 4.21. The lowest BCUT2D eigenvalue weighted by Gasteiger charge is -2.63. The Hall–Kier alpha value is -0.170. The second-order valence-corrected chi connectivity index (χ2v) is 12.3. The molecule has 6 rings (SSSR count). The number of hydrogen-bond acceptors (Lipinski definition) is 5. The van der Waals surface area contributed by atoms with Crippen LogP contribution in [0.15, 0.2) is 0 Å². The molecule has 0 N–H and O–H groups in total. The number of esters is 1. The van der Waals surface area contributed by atoms with E-state index in [1.165, 1.54) is 26.2 Å². The van der Waals surface area contributed by atoms with Crippen LogP contribution in [0.4, 0.5) is 0 Å².